The van der Waals surface area contributed by atoms with Crippen molar-refractivity contribution >= 4 is 28.5 Å². The van der Waals surface area contributed by atoms with Gasteiger partial charge in [0.25, 0.3) is 0 Å². The number of carbonyl (C=O) groups excluding carboxylic acids is 1. The predicted molar refractivity (Wildman–Crippen MR) is 47.3 cm³/mol. The van der Waals surface area contributed by atoms with E-state index in [1.165, 1.54) is 22.5 Å². The van der Waals surface area contributed by atoms with E-state index in [2.05, 4.69) is 0 Å². The second kappa shape index (κ2) is 5.19. The SMILES string of the molecule is O=C(C[CH2][Sn+3])Oc1ccccc1. The Bertz CT molecular complexity index is 246. The van der Waals surface area contributed by atoms with E-state index in [0.29, 0.717) is 12.2 Å². The van der Waals surface area contributed by atoms with Crippen molar-refractivity contribution in [2.45, 2.75) is 10.9 Å². The summed E-state index contributed by atoms with van der Waals surface area (Å²) < 4.78 is 5.95. The molecule has 0 aromatic heterocycles. The summed E-state index contributed by atoms with van der Waals surface area (Å²) in [5, 5.41) is 0. The van der Waals surface area contributed by atoms with Crippen molar-refractivity contribution in [1.29, 1.82) is 0 Å². The van der Waals surface area contributed by atoms with Gasteiger partial charge >= 0.3 is 85.0 Å². The third-order valence-electron chi connectivity index (χ3n) is 1.30. The van der Waals surface area contributed by atoms with Crippen LogP contribution in [0.25, 0.3) is 0 Å². The maximum atomic E-state index is 11.0. The number of para-hydroxylation sites is 1. The molecule has 0 aliphatic carbocycles. The monoisotopic (exact) mass is 269 g/mol. The average Bonchev–Trinajstić information content (AvgIpc) is 2.06. The molecule has 58 valence electrons. The molecule has 0 amide bonds. The number of hydrogen-bond acceptors (Lipinski definition) is 2. The summed E-state index contributed by atoms with van der Waals surface area (Å²) in [7, 11) is 0. The Morgan fingerprint density at radius 3 is 2.58 bits per heavy atom. The van der Waals surface area contributed by atoms with Gasteiger partial charge in [0.1, 0.15) is 0 Å². The van der Waals surface area contributed by atoms with Crippen LogP contribution < -0.4 is 4.74 Å². The number of esters is 1. The molecule has 0 aliphatic rings. The van der Waals surface area contributed by atoms with Crippen molar-refractivity contribution in [2.24, 2.45) is 0 Å². The van der Waals surface area contributed by atoms with E-state index >= 15 is 0 Å². The van der Waals surface area contributed by atoms with Gasteiger partial charge < -0.3 is 0 Å². The Hall–Kier alpha value is -0.511. The van der Waals surface area contributed by atoms with Gasteiger partial charge in [-0.15, -0.1) is 0 Å². The molecule has 2 nitrogen and oxygen atoms in total. The van der Waals surface area contributed by atoms with Crippen LogP contribution in [0.3, 0.4) is 0 Å². The van der Waals surface area contributed by atoms with E-state index in [9.17, 15) is 4.79 Å². The van der Waals surface area contributed by atoms with Crippen molar-refractivity contribution in [1.82, 2.24) is 0 Å². The zero-order valence-corrected chi connectivity index (χ0v) is 9.47. The topological polar surface area (TPSA) is 26.3 Å². The Morgan fingerprint density at radius 1 is 1.33 bits per heavy atom. The molecule has 0 heterocycles. The molecule has 0 saturated carbocycles. The first kappa shape index (κ1) is 9.58. The Balaban J connectivity index is 2.47. The van der Waals surface area contributed by atoms with Gasteiger partial charge in [0.15, 0.2) is 0 Å². The van der Waals surface area contributed by atoms with Gasteiger partial charge in [0.2, 0.25) is 0 Å². The van der Waals surface area contributed by atoms with Crippen LogP contribution in [-0.4, -0.2) is 28.5 Å². The Kier molecular flexibility index (Phi) is 4.14. The van der Waals surface area contributed by atoms with Crippen molar-refractivity contribution in [3.63, 3.8) is 0 Å². The third-order valence-corrected chi connectivity index (χ3v) is 2.02. The van der Waals surface area contributed by atoms with Crippen LogP contribution in [0.2, 0.25) is 4.44 Å². The molecular weight excluding hydrogens is 259 g/mol. The summed E-state index contributed by atoms with van der Waals surface area (Å²) >= 11 is 1.37. The summed E-state index contributed by atoms with van der Waals surface area (Å²) in [5.41, 5.74) is 0. The van der Waals surface area contributed by atoms with E-state index in [0.717, 1.165) is 4.44 Å². The minimum atomic E-state index is -0.141. The first-order chi connectivity index (χ1) is 5.83. The van der Waals surface area contributed by atoms with Gasteiger partial charge in [0.05, 0.1) is 0 Å². The molecule has 0 N–H and O–H groups in total. The number of carbonyl (C=O) groups is 1. The molecule has 0 bridgehead atoms. The zero-order valence-electron chi connectivity index (χ0n) is 6.62. The van der Waals surface area contributed by atoms with Gasteiger partial charge in [-0.1, -0.05) is 0 Å². The van der Waals surface area contributed by atoms with Gasteiger partial charge in [-0.3, -0.25) is 0 Å². The van der Waals surface area contributed by atoms with Crippen LogP contribution in [-0.2, 0) is 4.79 Å². The number of rotatable bonds is 3. The fourth-order valence-corrected chi connectivity index (χ4v) is 1.36. The molecule has 1 aromatic carbocycles. The standard InChI is InChI=1S/C9H9O2.Sn/c1-2-9(10)11-8-6-4-3-5-7-8;/h3-7H,1-2H2;/q;+3. The second-order valence-electron chi connectivity index (χ2n) is 2.29. The van der Waals surface area contributed by atoms with E-state index in [4.69, 9.17) is 4.74 Å². The van der Waals surface area contributed by atoms with Crippen molar-refractivity contribution in [2.75, 3.05) is 0 Å². The summed E-state index contributed by atoms with van der Waals surface area (Å²) in [6.07, 6.45) is 0.521. The summed E-state index contributed by atoms with van der Waals surface area (Å²) in [6.45, 7) is 0. The van der Waals surface area contributed by atoms with Crippen LogP contribution in [0, 0.1) is 0 Å². The molecular formula is C9H9O2Sn+3. The predicted octanol–water partition coefficient (Wildman–Crippen LogP) is 1.57. The number of hydrogen-bond donors (Lipinski definition) is 0. The molecule has 0 unspecified atom stereocenters. The van der Waals surface area contributed by atoms with Crippen LogP contribution in [0.15, 0.2) is 30.3 Å². The van der Waals surface area contributed by atoms with Gasteiger partial charge in [-0.25, -0.2) is 0 Å². The molecule has 0 radical (unpaired) electrons. The zero-order chi connectivity index (χ0) is 8.81. The molecule has 0 aliphatic heterocycles. The van der Waals surface area contributed by atoms with Crippen LogP contribution in [0.5, 0.6) is 5.75 Å². The van der Waals surface area contributed by atoms with Crippen molar-refractivity contribution in [3.8, 4) is 5.75 Å². The van der Waals surface area contributed by atoms with E-state index in [-0.39, 0.29) is 5.97 Å². The molecule has 1 aromatic rings. The van der Waals surface area contributed by atoms with E-state index in [1.807, 2.05) is 18.2 Å². The molecule has 1 rings (SSSR count). The van der Waals surface area contributed by atoms with Gasteiger partial charge in [0, 0.05) is 0 Å². The molecule has 0 fully saturated rings. The van der Waals surface area contributed by atoms with Crippen LogP contribution >= 0.6 is 0 Å². The van der Waals surface area contributed by atoms with Crippen LogP contribution in [0.4, 0.5) is 0 Å². The van der Waals surface area contributed by atoms with E-state index < -0.39 is 0 Å². The molecule has 12 heavy (non-hydrogen) atoms. The van der Waals surface area contributed by atoms with Crippen LogP contribution in [0.1, 0.15) is 6.42 Å². The molecule has 0 spiro atoms. The van der Waals surface area contributed by atoms with E-state index in [1.54, 1.807) is 12.1 Å². The maximum absolute atomic E-state index is 11.0. The molecule has 0 saturated heterocycles. The normalized spacial score (nSPS) is 9.50. The quantitative estimate of drug-likeness (QED) is 0.472. The number of ether oxygens (including phenoxy) is 1. The average molecular weight is 268 g/mol. The third kappa shape index (κ3) is 3.26. The summed E-state index contributed by atoms with van der Waals surface area (Å²) in [6, 6.07) is 9.14. The summed E-state index contributed by atoms with van der Waals surface area (Å²) in [4.78, 5) is 11.0. The second-order valence-corrected chi connectivity index (χ2v) is 3.71. The van der Waals surface area contributed by atoms with Crippen molar-refractivity contribution < 1.29 is 9.53 Å². The van der Waals surface area contributed by atoms with Gasteiger partial charge in [-0.05, 0) is 0 Å². The first-order valence-electron chi connectivity index (χ1n) is 3.73. The fraction of sp³-hybridized carbons (Fsp3) is 0.222. The van der Waals surface area contributed by atoms with Crippen molar-refractivity contribution in [3.05, 3.63) is 30.3 Å². The summed E-state index contributed by atoms with van der Waals surface area (Å²) in [5.74, 6) is 0.491. The minimum absolute atomic E-state index is 0.141. The Labute approximate surface area is 85.0 Å². The molecule has 3 heteroatoms. The number of benzene rings is 1. The molecule has 0 atom stereocenters. The Morgan fingerprint density at radius 2 is 2.00 bits per heavy atom. The fourth-order valence-electron chi connectivity index (χ4n) is 0.773. The van der Waals surface area contributed by atoms with Gasteiger partial charge in [-0.2, -0.15) is 0 Å². The first-order valence-corrected chi connectivity index (χ1v) is 5.75.